The molecule has 0 amide bonds. The van der Waals surface area contributed by atoms with E-state index in [1.54, 1.807) is 0 Å². The Morgan fingerprint density at radius 3 is 2.76 bits per heavy atom. The van der Waals surface area contributed by atoms with Gasteiger partial charge in [-0.1, -0.05) is 41.9 Å². The predicted molar refractivity (Wildman–Crippen MR) is 99.4 cm³/mol. The zero-order valence-electron chi connectivity index (χ0n) is 13.5. The Hall–Kier alpha value is -2.86. The number of nitrogens with two attached hydrogens (primary N) is 1. The van der Waals surface area contributed by atoms with E-state index in [2.05, 4.69) is 15.3 Å². The van der Waals surface area contributed by atoms with Crippen LogP contribution in [0.3, 0.4) is 0 Å². The first-order valence-corrected chi connectivity index (χ1v) is 8.19. The number of benzene rings is 1. The minimum atomic E-state index is 0.262. The summed E-state index contributed by atoms with van der Waals surface area (Å²) in [6.07, 6.45) is 5.72. The maximum absolute atomic E-state index is 7.45. The smallest absolute Gasteiger partial charge is 0.144 e. The molecule has 0 spiro atoms. The van der Waals surface area contributed by atoms with E-state index in [4.69, 9.17) is 27.5 Å². The highest BCUT2D eigenvalue weighted by atomic mass is 35.5. The summed E-state index contributed by atoms with van der Waals surface area (Å²) in [7, 11) is 0. The van der Waals surface area contributed by atoms with E-state index < -0.39 is 0 Å². The molecule has 6 nitrogen and oxygen atoms in total. The molecule has 0 saturated carbocycles. The van der Waals surface area contributed by atoms with Gasteiger partial charge in [0.1, 0.15) is 30.3 Å². The van der Waals surface area contributed by atoms with Crippen molar-refractivity contribution in [2.75, 3.05) is 11.1 Å². The van der Waals surface area contributed by atoms with E-state index in [9.17, 15) is 0 Å². The number of allylic oxidation sites excluding steroid dienone is 4. The molecule has 1 heterocycles. The lowest BCUT2D eigenvalue weighted by molar-refractivity contribution is 0.187. The normalized spacial score (nSPS) is 14.0. The number of anilines is 2. The van der Waals surface area contributed by atoms with Crippen LogP contribution in [0.5, 0.6) is 0 Å². The van der Waals surface area contributed by atoms with Gasteiger partial charge >= 0.3 is 0 Å². The Morgan fingerprint density at radius 1 is 1.24 bits per heavy atom. The highest BCUT2D eigenvalue weighted by Crippen LogP contribution is 2.29. The molecule has 3 rings (SSSR count). The van der Waals surface area contributed by atoms with Crippen LogP contribution in [0.1, 0.15) is 24.0 Å². The minimum Gasteiger partial charge on any atom is -0.492 e. The molecular weight excluding hydrogens is 338 g/mol. The summed E-state index contributed by atoms with van der Waals surface area (Å²) in [6.45, 7) is 0.489. The largest absolute Gasteiger partial charge is 0.492 e. The summed E-state index contributed by atoms with van der Waals surface area (Å²) in [6, 6.07) is 9.95. The fourth-order valence-corrected chi connectivity index (χ4v) is 2.74. The van der Waals surface area contributed by atoms with Crippen molar-refractivity contribution >= 4 is 29.5 Å². The van der Waals surface area contributed by atoms with Crippen molar-refractivity contribution in [1.82, 2.24) is 9.97 Å². The number of ether oxygens (including phenoxy) is 1. The van der Waals surface area contributed by atoms with Gasteiger partial charge in [-0.3, -0.25) is 0 Å². The second kappa shape index (κ2) is 7.81. The molecule has 1 aromatic carbocycles. The van der Waals surface area contributed by atoms with Gasteiger partial charge in [-0.05, 0) is 18.1 Å². The number of nitrogen functional groups attached to an aromatic ring is 1. The standard InChI is InChI=1S/C18H18ClN5O/c19-15-8-13(24-18-14(9-20)17(21)22-11-23-18)6-7-16(15)25-10-12-4-2-1-3-5-12/h1-5,8-9,11,20H,6-7,10H2,(H3,21,22,23,24). The lowest BCUT2D eigenvalue weighted by Gasteiger charge is -2.19. The first-order chi connectivity index (χ1) is 12.2. The van der Waals surface area contributed by atoms with Gasteiger partial charge in [0, 0.05) is 18.3 Å². The number of nitrogens with one attached hydrogen (secondary N) is 2. The molecule has 1 aliphatic carbocycles. The first kappa shape index (κ1) is 17.0. The van der Waals surface area contributed by atoms with Crippen LogP contribution in [-0.4, -0.2) is 16.2 Å². The van der Waals surface area contributed by atoms with Crippen molar-refractivity contribution in [2.45, 2.75) is 19.4 Å². The summed E-state index contributed by atoms with van der Waals surface area (Å²) < 4.78 is 5.84. The van der Waals surface area contributed by atoms with E-state index in [-0.39, 0.29) is 5.82 Å². The lowest BCUT2D eigenvalue weighted by atomic mass is 10.1. The Morgan fingerprint density at radius 2 is 2.04 bits per heavy atom. The maximum atomic E-state index is 7.45. The molecule has 4 N–H and O–H groups in total. The topological polar surface area (TPSA) is 96.9 Å². The summed E-state index contributed by atoms with van der Waals surface area (Å²) in [4.78, 5) is 8.02. The van der Waals surface area contributed by atoms with E-state index in [1.807, 2.05) is 36.4 Å². The monoisotopic (exact) mass is 355 g/mol. The third-order valence-electron chi connectivity index (χ3n) is 3.78. The van der Waals surface area contributed by atoms with Crippen molar-refractivity contribution < 1.29 is 4.74 Å². The average Bonchev–Trinajstić information content (AvgIpc) is 2.62. The van der Waals surface area contributed by atoms with Crippen LogP contribution >= 0.6 is 11.6 Å². The number of aromatic nitrogens is 2. The Bertz CT molecular complexity index is 833. The predicted octanol–water partition coefficient (Wildman–Crippen LogP) is 3.81. The molecule has 0 aliphatic heterocycles. The Labute approximate surface area is 150 Å². The average molecular weight is 356 g/mol. The van der Waals surface area contributed by atoms with Gasteiger partial charge in [-0.25, -0.2) is 9.97 Å². The van der Waals surface area contributed by atoms with Gasteiger partial charge in [0.05, 0.1) is 10.6 Å². The fourth-order valence-electron chi connectivity index (χ4n) is 2.46. The Kier molecular flexibility index (Phi) is 5.30. The number of hydrogen-bond acceptors (Lipinski definition) is 6. The summed E-state index contributed by atoms with van der Waals surface area (Å²) in [5.74, 6) is 1.52. The van der Waals surface area contributed by atoms with Crippen LogP contribution in [0, 0.1) is 5.41 Å². The van der Waals surface area contributed by atoms with Crippen molar-refractivity contribution in [3.63, 3.8) is 0 Å². The summed E-state index contributed by atoms with van der Waals surface area (Å²) in [5.41, 5.74) is 8.20. The van der Waals surface area contributed by atoms with Gasteiger partial charge in [-0.2, -0.15) is 0 Å². The maximum Gasteiger partial charge on any atom is 0.144 e. The molecule has 0 unspecified atom stereocenters. The van der Waals surface area contributed by atoms with Crippen molar-refractivity contribution in [3.05, 3.63) is 70.4 Å². The highest BCUT2D eigenvalue weighted by molar-refractivity contribution is 6.31. The van der Waals surface area contributed by atoms with E-state index >= 15 is 0 Å². The van der Waals surface area contributed by atoms with Crippen LogP contribution in [0.2, 0.25) is 0 Å². The summed E-state index contributed by atoms with van der Waals surface area (Å²) in [5, 5.41) is 11.2. The fraction of sp³-hybridized carbons (Fsp3) is 0.167. The van der Waals surface area contributed by atoms with Crippen LogP contribution in [0.15, 0.2) is 59.2 Å². The second-order valence-corrected chi connectivity index (χ2v) is 5.91. The van der Waals surface area contributed by atoms with Gasteiger partial charge < -0.3 is 21.2 Å². The van der Waals surface area contributed by atoms with Gasteiger partial charge in [0.2, 0.25) is 0 Å². The van der Waals surface area contributed by atoms with Crippen LogP contribution in [0.4, 0.5) is 11.6 Å². The number of halogens is 1. The molecule has 2 aromatic rings. The van der Waals surface area contributed by atoms with Gasteiger partial charge in [0.15, 0.2) is 0 Å². The zero-order chi connectivity index (χ0) is 17.6. The molecule has 7 heteroatoms. The van der Waals surface area contributed by atoms with Gasteiger partial charge in [0.25, 0.3) is 0 Å². The molecular formula is C18H18ClN5O. The lowest BCUT2D eigenvalue weighted by Crippen LogP contribution is -2.11. The van der Waals surface area contributed by atoms with Crippen LogP contribution < -0.4 is 11.1 Å². The third-order valence-corrected chi connectivity index (χ3v) is 4.10. The van der Waals surface area contributed by atoms with Crippen molar-refractivity contribution in [3.8, 4) is 0 Å². The first-order valence-electron chi connectivity index (χ1n) is 7.81. The number of nitrogens with zero attached hydrogens (tertiary/aromatic N) is 2. The number of hydrogen-bond donors (Lipinski definition) is 3. The quantitative estimate of drug-likeness (QED) is 0.684. The molecule has 0 radical (unpaired) electrons. The number of rotatable bonds is 6. The molecule has 1 aromatic heterocycles. The van der Waals surface area contributed by atoms with E-state index in [0.29, 0.717) is 29.4 Å². The SMILES string of the molecule is N=Cc1c(N)ncnc1NC1=CC(Cl)=C(OCc2ccccc2)CC1. The molecule has 128 valence electrons. The molecule has 0 atom stereocenters. The van der Waals surface area contributed by atoms with Crippen molar-refractivity contribution in [1.29, 1.82) is 5.41 Å². The van der Waals surface area contributed by atoms with E-state index in [1.165, 1.54) is 6.33 Å². The van der Waals surface area contributed by atoms with Gasteiger partial charge in [-0.15, -0.1) is 0 Å². The molecule has 1 aliphatic rings. The molecule has 0 bridgehead atoms. The Balaban J connectivity index is 1.70. The minimum absolute atomic E-state index is 0.262. The second-order valence-electron chi connectivity index (χ2n) is 5.51. The summed E-state index contributed by atoms with van der Waals surface area (Å²) >= 11 is 6.35. The van der Waals surface area contributed by atoms with Crippen LogP contribution in [-0.2, 0) is 11.3 Å². The highest BCUT2D eigenvalue weighted by Gasteiger charge is 2.16. The molecule has 25 heavy (non-hydrogen) atoms. The molecule has 0 saturated heterocycles. The van der Waals surface area contributed by atoms with Crippen LogP contribution in [0.25, 0.3) is 0 Å². The molecule has 0 fully saturated rings. The van der Waals surface area contributed by atoms with E-state index in [0.717, 1.165) is 29.7 Å². The zero-order valence-corrected chi connectivity index (χ0v) is 14.3. The third kappa shape index (κ3) is 4.16. The van der Waals surface area contributed by atoms with Crippen molar-refractivity contribution in [2.24, 2.45) is 0 Å².